The van der Waals surface area contributed by atoms with Crippen molar-refractivity contribution in [3.05, 3.63) is 210 Å². The second kappa shape index (κ2) is 14.3. The number of anilines is 3. The fourth-order valence-electron chi connectivity index (χ4n) is 8.29. The number of thiophene rings is 1. The second-order valence-corrected chi connectivity index (χ2v) is 16.7. The molecule has 10 rings (SSSR count). The van der Waals surface area contributed by atoms with Gasteiger partial charge in [-0.2, -0.15) is 0 Å². The van der Waals surface area contributed by atoms with Crippen molar-refractivity contribution in [2.75, 3.05) is 4.90 Å². The summed E-state index contributed by atoms with van der Waals surface area (Å²) in [7, 11) is 0. The maximum absolute atomic E-state index is 2.44. The summed E-state index contributed by atoms with van der Waals surface area (Å²) < 4.78 is 2.73. The molecule has 54 heavy (non-hydrogen) atoms. The van der Waals surface area contributed by atoms with Gasteiger partial charge < -0.3 is 4.90 Å². The minimum atomic E-state index is 0.336. The molecule has 0 spiro atoms. The Morgan fingerprint density at radius 1 is 0.574 bits per heavy atom. The highest BCUT2D eigenvalue weighted by molar-refractivity contribution is 8.00. The van der Waals surface area contributed by atoms with E-state index in [1.165, 1.54) is 69.7 Å². The predicted octanol–water partition coefficient (Wildman–Crippen LogP) is 14.8. The third-order valence-electron chi connectivity index (χ3n) is 11.1. The topological polar surface area (TPSA) is 3.24 Å². The fraction of sp³-hybridized carbons (Fsp3) is 0.0980. The lowest BCUT2D eigenvalue weighted by atomic mass is 9.86. The number of thioether (sulfide) groups is 1. The molecule has 0 fully saturated rings. The van der Waals surface area contributed by atoms with Gasteiger partial charge in [0, 0.05) is 53.3 Å². The van der Waals surface area contributed by atoms with Gasteiger partial charge in [0.1, 0.15) is 0 Å². The molecule has 7 aromatic carbocycles. The molecule has 0 amide bonds. The van der Waals surface area contributed by atoms with Gasteiger partial charge in [0.25, 0.3) is 0 Å². The molecule has 260 valence electrons. The van der Waals surface area contributed by atoms with Crippen molar-refractivity contribution >= 4 is 65.9 Å². The summed E-state index contributed by atoms with van der Waals surface area (Å²) in [6, 6.07) is 62.9. The minimum absolute atomic E-state index is 0.336. The molecular weight excluding hydrogens is 691 g/mol. The Morgan fingerprint density at radius 2 is 1.26 bits per heavy atom. The van der Waals surface area contributed by atoms with Crippen molar-refractivity contribution in [3.63, 3.8) is 0 Å². The molecule has 1 nitrogen and oxygen atoms in total. The molecule has 2 atom stereocenters. The third-order valence-corrected chi connectivity index (χ3v) is 13.5. The lowest BCUT2D eigenvalue weighted by Gasteiger charge is -2.26. The van der Waals surface area contributed by atoms with Gasteiger partial charge in [-0.05, 0) is 107 Å². The summed E-state index contributed by atoms with van der Waals surface area (Å²) in [5.41, 5.74) is 13.0. The second-order valence-electron chi connectivity index (χ2n) is 14.3. The molecule has 2 aliphatic rings. The third kappa shape index (κ3) is 6.28. The van der Waals surface area contributed by atoms with Crippen LogP contribution in [-0.4, -0.2) is 5.25 Å². The Bertz CT molecular complexity index is 2650. The van der Waals surface area contributed by atoms with E-state index in [1.54, 1.807) is 0 Å². The summed E-state index contributed by atoms with van der Waals surface area (Å²) >= 11 is 3.90. The van der Waals surface area contributed by atoms with Gasteiger partial charge >= 0.3 is 0 Å². The molecule has 1 aliphatic carbocycles. The standard InChI is InChI=1S/C51H39NS2/c1-3-11-38(12-4-1)43(39-26-31-46-44-15-7-9-17-48(44)53-50(46)33-39)30-21-35-19-22-36(23-20-35)37-24-27-41(28-25-37)52(40-13-5-2-6-14-40)42-29-32-47-45-16-8-10-18-49(45)54-51(47)34-42/h1-17,19-20,22-29,31-34,43,49H,18,21,30H2. The zero-order valence-corrected chi connectivity index (χ0v) is 31.6. The number of fused-ring (bicyclic) bond motifs is 6. The number of hydrogen-bond donors (Lipinski definition) is 0. The lowest BCUT2D eigenvalue weighted by molar-refractivity contribution is 0.716. The summed E-state index contributed by atoms with van der Waals surface area (Å²) in [6.07, 6.45) is 9.96. The van der Waals surface area contributed by atoms with E-state index < -0.39 is 0 Å². The van der Waals surface area contributed by atoms with Gasteiger partial charge in [0.05, 0.1) is 0 Å². The van der Waals surface area contributed by atoms with E-state index >= 15 is 0 Å². The highest BCUT2D eigenvalue weighted by atomic mass is 32.2. The van der Waals surface area contributed by atoms with Crippen LogP contribution < -0.4 is 4.90 Å². The van der Waals surface area contributed by atoms with Crippen LogP contribution in [0.1, 0.15) is 41.0 Å². The number of hydrogen-bond acceptors (Lipinski definition) is 3. The molecule has 0 N–H and O–H groups in total. The Kier molecular flexibility index (Phi) is 8.75. The number of para-hydroxylation sites is 1. The van der Waals surface area contributed by atoms with Gasteiger partial charge in [-0.1, -0.05) is 140 Å². The van der Waals surface area contributed by atoms with Crippen molar-refractivity contribution in [1.29, 1.82) is 0 Å². The Hall–Kier alpha value is -5.61. The highest BCUT2D eigenvalue weighted by Gasteiger charge is 2.29. The summed E-state index contributed by atoms with van der Waals surface area (Å²) in [4.78, 5) is 3.75. The van der Waals surface area contributed by atoms with Crippen molar-refractivity contribution in [2.45, 2.75) is 35.3 Å². The van der Waals surface area contributed by atoms with E-state index in [-0.39, 0.29) is 0 Å². The molecule has 3 heteroatoms. The molecule has 8 aromatic rings. The number of nitrogens with zero attached hydrogens (tertiary/aromatic N) is 1. The van der Waals surface area contributed by atoms with Crippen LogP contribution in [0.4, 0.5) is 17.1 Å². The van der Waals surface area contributed by atoms with Crippen molar-refractivity contribution in [1.82, 2.24) is 0 Å². The van der Waals surface area contributed by atoms with Crippen molar-refractivity contribution < 1.29 is 0 Å². The maximum atomic E-state index is 2.44. The molecule has 0 saturated carbocycles. The van der Waals surface area contributed by atoms with Crippen molar-refractivity contribution in [3.8, 4) is 11.1 Å². The first kappa shape index (κ1) is 33.0. The Morgan fingerprint density at radius 3 is 2.07 bits per heavy atom. The minimum Gasteiger partial charge on any atom is -0.310 e. The van der Waals surface area contributed by atoms with E-state index in [0.717, 1.165) is 30.6 Å². The van der Waals surface area contributed by atoms with Crippen LogP contribution in [0, 0.1) is 0 Å². The van der Waals surface area contributed by atoms with E-state index in [1.807, 2.05) is 23.1 Å². The zero-order valence-electron chi connectivity index (χ0n) is 29.9. The van der Waals surface area contributed by atoms with Crippen LogP contribution >= 0.6 is 23.1 Å². The molecule has 2 heterocycles. The first-order valence-corrected chi connectivity index (χ1v) is 20.6. The molecule has 1 aliphatic heterocycles. The number of benzene rings is 7. The van der Waals surface area contributed by atoms with E-state index in [4.69, 9.17) is 0 Å². The van der Waals surface area contributed by atoms with Crippen LogP contribution in [0.25, 0.3) is 36.9 Å². The summed E-state index contributed by atoms with van der Waals surface area (Å²) in [6.45, 7) is 0. The average molecular weight is 730 g/mol. The van der Waals surface area contributed by atoms with E-state index in [9.17, 15) is 0 Å². The van der Waals surface area contributed by atoms with E-state index in [0.29, 0.717) is 11.2 Å². The van der Waals surface area contributed by atoms with E-state index in [2.05, 4.69) is 193 Å². The highest BCUT2D eigenvalue weighted by Crippen LogP contribution is 2.50. The molecule has 0 bridgehead atoms. The fourth-order valence-corrected chi connectivity index (χ4v) is 10.8. The monoisotopic (exact) mass is 729 g/mol. The van der Waals surface area contributed by atoms with Crippen LogP contribution in [0.2, 0.25) is 0 Å². The largest absolute Gasteiger partial charge is 0.310 e. The number of aryl methyl sites for hydroxylation is 1. The normalized spacial score (nSPS) is 15.2. The predicted molar refractivity (Wildman–Crippen MR) is 234 cm³/mol. The van der Waals surface area contributed by atoms with Gasteiger partial charge in [-0.25, -0.2) is 0 Å². The Balaban J connectivity index is 0.888. The molecule has 2 unspecified atom stereocenters. The summed E-state index contributed by atoms with van der Waals surface area (Å²) in [5, 5.41) is 3.25. The lowest BCUT2D eigenvalue weighted by Crippen LogP contribution is -2.10. The Labute approximate surface area is 325 Å². The van der Waals surface area contributed by atoms with Crippen LogP contribution in [0.3, 0.4) is 0 Å². The zero-order chi connectivity index (χ0) is 35.8. The van der Waals surface area contributed by atoms with Gasteiger partial charge in [0.2, 0.25) is 0 Å². The SMILES string of the molecule is C1=CCC2Sc3cc(N(c4ccccc4)c4ccc(-c5ccc(CCC(c6ccccc6)c6ccc7c(c6)sc6ccccc67)cc5)cc4)ccc3C2=C1. The molecule has 0 saturated heterocycles. The first-order chi connectivity index (χ1) is 26.7. The first-order valence-electron chi connectivity index (χ1n) is 18.9. The van der Waals surface area contributed by atoms with Gasteiger partial charge in [0.15, 0.2) is 0 Å². The van der Waals surface area contributed by atoms with Crippen molar-refractivity contribution in [2.24, 2.45) is 0 Å². The number of allylic oxidation sites excluding steroid dienone is 3. The smallest absolute Gasteiger partial charge is 0.0473 e. The van der Waals surface area contributed by atoms with Crippen LogP contribution in [0.15, 0.2) is 193 Å². The quantitative estimate of drug-likeness (QED) is 0.146. The van der Waals surface area contributed by atoms with Gasteiger partial charge in [-0.3, -0.25) is 0 Å². The molecular formula is C51H39NS2. The van der Waals surface area contributed by atoms with Gasteiger partial charge in [-0.15, -0.1) is 23.1 Å². The maximum Gasteiger partial charge on any atom is 0.0473 e. The number of rotatable bonds is 9. The average Bonchev–Trinajstić information content (AvgIpc) is 3.80. The molecule has 1 aromatic heterocycles. The van der Waals surface area contributed by atoms with Crippen LogP contribution in [0.5, 0.6) is 0 Å². The molecule has 0 radical (unpaired) electrons. The van der Waals surface area contributed by atoms with Crippen LogP contribution in [-0.2, 0) is 6.42 Å². The summed E-state index contributed by atoms with van der Waals surface area (Å²) in [5.74, 6) is 0.336.